The average molecular weight is 242 g/mol. The third-order valence-electron chi connectivity index (χ3n) is 3.48. The molecule has 0 bridgehead atoms. The standard InChI is InChI=1S/C12H22N2O3/c1-10-7-14(5-6-17-10)11(15)8-13-4-3-12(2,16)9-13/h10,16H,3-9H2,1-2H3. The molecule has 2 fully saturated rings. The van der Waals surface area contributed by atoms with Crippen molar-refractivity contribution in [2.24, 2.45) is 0 Å². The van der Waals surface area contributed by atoms with Gasteiger partial charge in [-0.1, -0.05) is 0 Å². The molecule has 2 heterocycles. The van der Waals surface area contributed by atoms with Crippen molar-refractivity contribution >= 4 is 5.91 Å². The molecule has 1 amide bonds. The molecule has 0 aromatic heterocycles. The lowest BCUT2D eigenvalue weighted by molar-refractivity contribution is -0.139. The normalized spacial score (nSPS) is 35.2. The van der Waals surface area contributed by atoms with E-state index in [-0.39, 0.29) is 12.0 Å². The monoisotopic (exact) mass is 242 g/mol. The number of hydrogen-bond donors (Lipinski definition) is 1. The van der Waals surface area contributed by atoms with Gasteiger partial charge in [-0.15, -0.1) is 0 Å². The molecule has 0 aliphatic carbocycles. The Morgan fingerprint density at radius 1 is 1.53 bits per heavy atom. The van der Waals surface area contributed by atoms with Crippen LogP contribution in [-0.4, -0.2) is 71.8 Å². The van der Waals surface area contributed by atoms with Crippen LogP contribution >= 0.6 is 0 Å². The lowest BCUT2D eigenvalue weighted by Gasteiger charge is -2.32. The Hall–Kier alpha value is -0.650. The zero-order valence-corrected chi connectivity index (χ0v) is 10.7. The van der Waals surface area contributed by atoms with Crippen molar-refractivity contribution in [1.82, 2.24) is 9.80 Å². The first-order valence-corrected chi connectivity index (χ1v) is 6.30. The Balaban J connectivity index is 1.81. The van der Waals surface area contributed by atoms with E-state index >= 15 is 0 Å². The van der Waals surface area contributed by atoms with E-state index in [2.05, 4.69) is 0 Å². The highest BCUT2D eigenvalue weighted by molar-refractivity contribution is 5.78. The molecule has 2 rings (SSSR count). The Labute approximate surface area is 102 Å². The first-order chi connectivity index (χ1) is 7.96. The zero-order chi connectivity index (χ0) is 12.5. The maximum atomic E-state index is 12.1. The van der Waals surface area contributed by atoms with Gasteiger partial charge in [-0.25, -0.2) is 0 Å². The van der Waals surface area contributed by atoms with E-state index < -0.39 is 5.60 Å². The molecule has 1 N–H and O–H groups in total. The van der Waals surface area contributed by atoms with Gasteiger partial charge in [0.25, 0.3) is 0 Å². The second kappa shape index (κ2) is 4.92. The Morgan fingerprint density at radius 3 is 2.88 bits per heavy atom. The summed E-state index contributed by atoms with van der Waals surface area (Å²) in [6, 6.07) is 0. The van der Waals surface area contributed by atoms with E-state index in [4.69, 9.17) is 4.74 Å². The van der Waals surface area contributed by atoms with Crippen molar-refractivity contribution in [2.45, 2.75) is 32.0 Å². The first-order valence-electron chi connectivity index (χ1n) is 6.30. The van der Waals surface area contributed by atoms with Crippen molar-refractivity contribution < 1.29 is 14.6 Å². The van der Waals surface area contributed by atoms with Crippen LogP contribution in [-0.2, 0) is 9.53 Å². The second-order valence-electron chi connectivity index (χ2n) is 5.48. The molecule has 2 aliphatic rings. The summed E-state index contributed by atoms with van der Waals surface area (Å²) in [6.07, 6.45) is 0.883. The van der Waals surface area contributed by atoms with Crippen molar-refractivity contribution in [2.75, 3.05) is 39.3 Å². The smallest absolute Gasteiger partial charge is 0.236 e. The van der Waals surface area contributed by atoms with Gasteiger partial charge in [-0.05, 0) is 20.3 Å². The highest BCUT2D eigenvalue weighted by Gasteiger charge is 2.33. The van der Waals surface area contributed by atoms with E-state index in [9.17, 15) is 9.90 Å². The molecule has 0 aromatic carbocycles. The number of β-amino-alcohol motifs (C(OH)–C–C–N with tert-alkyl or cyclic N) is 1. The molecule has 2 aliphatic heterocycles. The Morgan fingerprint density at radius 2 is 2.29 bits per heavy atom. The number of carbonyl (C=O) groups is 1. The van der Waals surface area contributed by atoms with Crippen LogP contribution in [0, 0.1) is 0 Å². The summed E-state index contributed by atoms with van der Waals surface area (Å²) in [5.41, 5.74) is -0.626. The van der Waals surface area contributed by atoms with E-state index in [0.717, 1.165) is 13.0 Å². The molecule has 0 aromatic rings. The minimum Gasteiger partial charge on any atom is -0.389 e. The molecule has 2 atom stereocenters. The molecule has 98 valence electrons. The molecule has 5 heteroatoms. The number of aliphatic hydroxyl groups is 1. The zero-order valence-electron chi connectivity index (χ0n) is 10.7. The topological polar surface area (TPSA) is 53.0 Å². The Kier molecular flexibility index (Phi) is 3.70. The molecule has 0 spiro atoms. The lowest BCUT2D eigenvalue weighted by Crippen LogP contribution is -2.48. The number of amides is 1. The number of ether oxygens (including phenoxy) is 1. The van der Waals surface area contributed by atoms with Crippen LogP contribution in [0.5, 0.6) is 0 Å². The molecular formula is C12H22N2O3. The maximum Gasteiger partial charge on any atom is 0.236 e. The van der Waals surface area contributed by atoms with E-state index in [1.165, 1.54) is 0 Å². The first kappa shape index (κ1) is 12.8. The van der Waals surface area contributed by atoms with Gasteiger partial charge in [0.1, 0.15) is 0 Å². The van der Waals surface area contributed by atoms with Gasteiger partial charge < -0.3 is 14.7 Å². The van der Waals surface area contributed by atoms with E-state index in [1.807, 2.05) is 23.6 Å². The summed E-state index contributed by atoms with van der Waals surface area (Å²) < 4.78 is 5.41. The molecule has 17 heavy (non-hydrogen) atoms. The Bertz CT molecular complexity index is 293. The number of likely N-dealkylation sites (tertiary alicyclic amines) is 1. The molecular weight excluding hydrogens is 220 g/mol. The summed E-state index contributed by atoms with van der Waals surface area (Å²) in [5.74, 6) is 0.151. The predicted molar refractivity (Wildman–Crippen MR) is 63.7 cm³/mol. The van der Waals surface area contributed by atoms with Crippen LogP contribution in [0.4, 0.5) is 0 Å². The van der Waals surface area contributed by atoms with Gasteiger partial charge in [0.15, 0.2) is 0 Å². The predicted octanol–water partition coefficient (Wildman–Crippen LogP) is -0.310. The summed E-state index contributed by atoms with van der Waals surface area (Å²) in [6.45, 7) is 7.63. The van der Waals surface area contributed by atoms with Crippen molar-refractivity contribution in [3.05, 3.63) is 0 Å². The van der Waals surface area contributed by atoms with Crippen LogP contribution in [0.2, 0.25) is 0 Å². The molecule has 2 unspecified atom stereocenters. The third kappa shape index (κ3) is 3.40. The van der Waals surface area contributed by atoms with Gasteiger partial charge >= 0.3 is 0 Å². The molecule has 0 saturated carbocycles. The lowest BCUT2D eigenvalue weighted by atomic mass is 10.1. The SMILES string of the molecule is CC1CN(C(=O)CN2CCC(C)(O)C2)CCO1. The fourth-order valence-electron chi connectivity index (χ4n) is 2.51. The number of hydrogen-bond acceptors (Lipinski definition) is 4. The summed E-state index contributed by atoms with van der Waals surface area (Å²) in [5, 5.41) is 9.84. The fourth-order valence-corrected chi connectivity index (χ4v) is 2.51. The second-order valence-corrected chi connectivity index (χ2v) is 5.48. The average Bonchev–Trinajstić information content (AvgIpc) is 2.58. The van der Waals surface area contributed by atoms with Crippen molar-refractivity contribution in [3.8, 4) is 0 Å². The molecule has 2 saturated heterocycles. The number of morpholine rings is 1. The van der Waals surface area contributed by atoms with Crippen LogP contribution in [0.25, 0.3) is 0 Å². The largest absolute Gasteiger partial charge is 0.389 e. The van der Waals surface area contributed by atoms with E-state index in [0.29, 0.717) is 32.8 Å². The van der Waals surface area contributed by atoms with Crippen LogP contribution in [0.15, 0.2) is 0 Å². The number of carbonyl (C=O) groups excluding carboxylic acids is 1. The molecule has 5 nitrogen and oxygen atoms in total. The van der Waals surface area contributed by atoms with Gasteiger partial charge in [0.05, 0.1) is 24.9 Å². The molecule has 0 radical (unpaired) electrons. The minimum absolute atomic E-state index is 0.134. The van der Waals surface area contributed by atoms with Crippen molar-refractivity contribution in [1.29, 1.82) is 0 Å². The minimum atomic E-state index is -0.626. The van der Waals surface area contributed by atoms with Crippen LogP contribution in [0.1, 0.15) is 20.3 Å². The maximum absolute atomic E-state index is 12.1. The highest BCUT2D eigenvalue weighted by atomic mass is 16.5. The van der Waals surface area contributed by atoms with Crippen LogP contribution < -0.4 is 0 Å². The van der Waals surface area contributed by atoms with E-state index in [1.54, 1.807) is 0 Å². The third-order valence-corrected chi connectivity index (χ3v) is 3.48. The van der Waals surface area contributed by atoms with Gasteiger partial charge in [0, 0.05) is 26.2 Å². The van der Waals surface area contributed by atoms with Crippen LogP contribution in [0.3, 0.4) is 0 Å². The summed E-state index contributed by atoms with van der Waals surface area (Å²) in [4.78, 5) is 16.0. The summed E-state index contributed by atoms with van der Waals surface area (Å²) in [7, 11) is 0. The fraction of sp³-hybridized carbons (Fsp3) is 0.917. The van der Waals surface area contributed by atoms with Gasteiger partial charge in [-0.3, -0.25) is 9.69 Å². The van der Waals surface area contributed by atoms with Crippen molar-refractivity contribution in [3.63, 3.8) is 0 Å². The number of rotatable bonds is 2. The quantitative estimate of drug-likeness (QED) is 0.722. The van der Waals surface area contributed by atoms with Gasteiger partial charge in [0.2, 0.25) is 5.91 Å². The van der Waals surface area contributed by atoms with Gasteiger partial charge in [-0.2, -0.15) is 0 Å². The summed E-state index contributed by atoms with van der Waals surface area (Å²) >= 11 is 0. The highest BCUT2D eigenvalue weighted by Crippen LogP contribution is 2.20. The number of nitrogens with zero attached hydrogens (tertiary/aromatic N) is 2.